The van der Waals surface area contributed by atoms with Gasteiger partial charge in [0, 0.05) is 6.08 Å². The van der Waals surface area contributed by atoms with E-state index in [9.17, 15) is 4.79 Å². The fourth-order valence-corrected chi connectivity index (χ4v) is 1.11. The van der Waals surface area contributed by atoms with Crippen molar-refractivity contribution in [1.82, 2.24) is 0 Å². The molecule has 80 valence electrons. The molecule has 1 rings (SSSR count). The van der Waals surface area contributed by atoms with Crippen LogP contribution in [-0.4, -0.2) is 11.1 Å². The van der Waals surface area contributed by atoms with E-state index in [0.29, 0.717) is 0 Å². The lowest BCUT2D eigenvalue weighted by Gasteiger charge is -1.97. The highest BCUT2D eigenvalue weighted by Crippen LogP contribution is 2.07. The zero-order valence-electron chi connectivity index (χ0n) is 8.91. The van der Waals surface area contributed by atoms with Crippen molar-refractivity contribution in [2.24, 2.45) is 0 Å². The molecule has 1 N–H and O–H groups in total. The van der Waals surface area contributed by atoms with Gasteiger partial charge in [-0.2, -0.15) is 0 Å². The van der Waals surface area contributed by atoms with Crippen LogP contribution in [0.3, 0.4) is 0 Å². The quantitative estimate of drug-likeness (QED) is 0.553. The van der Waals surface area contributed by atoms with Crippen molar-refractivity contribution in [3.05, 3.63) is 24.3 Å². The Hall–Kier alpha value is -1.05. The SMILES string of the molecule is C1=CCCCC1.CCCC=CC(=O)O. The lowest BCUT2D eigenvalue weighted by molar-refractivity contribution is -0.131. The lowest BCUT2D eigenvalue weighted by atomic mass is 10.1. The van der Waals surface area contributed by atoms with E-state index < -0.39 is 5.97 Å². The van der Waals surface area contributed by atoms with E-state index in [1.54, 1.807) is 6.08 Å². The van der Waals surface area contributed by atoms with E-state index in [-0.39, 0.29) is 0 Å². The van der Waals surface area contributed by atoms with Gasteiger partial charge in [-0.1, -0.05) is 31.6 Å². The van der Waals surface area contributed by atoms with Crippen molar-refractivity contribution in [2.75, 3.05) is 0 Å². The third-order valence-electron chi connectivity index (χ3n) is 1.87. The third kappa shape index (κ3) is 11.0. The van der Waals surface area contributed by atoms with E-state index >= 15 is 0 Å². The van der Waals surface area contributed by atoms with Crippen LogP contribution >= 0.6 is 0 Å². The Balaban J connectivity index is 0.000000249. The van der Waals surface area contributed by atoms with Crippen LogP contribution in [-0.2, 0) is 4.79 Å². The molecule has 14 heavy (non-hydrogen) atoms. The molecule has 0 aromatic carbocycles. The molecule has 0 aromatic heterocycles. The summed E-state index contributed by atoms with van der Waals surface area (Å²) in [6.07, 6.45) is 14.7. The molecule has 0 spiro atoms. The molecule has 0 unspecified atom stereocenters. The minimum absolute atomic E-state index is 0.853. The number of carboxylic acids is 1. The van der Waals surface area contributed by atoms with Crippen LogP contribution in [0.25, 0.3) is 0 Å². The van der Waals surface area contributed by atoms with Gasteiger partial charge in [-0.25, -0.2) is 4.79 Å². The van der Waals surface area contributed by atoms with E-state index in [1.165, 1.54) is 31.8 Å². The number of allylic oxidation sites excluding steroid dienone is 3. The molecular formula is C12H20O2. The van der Waals surface area contributed by atoms with Crippen LogP contribution < -0.4 is 0 Å². The zero-order chi connectivity index (χ0) is 10.6. The number of unbranched alkanes of at least 4 members (excludes halogenated alkanes) is 1. The molecule has 0 aromatic rings. The van der Waals surface area contributed by atoms with Crippen molar-refractivity contribution in [2.45, 2.75) is 45.4 Å². The topological polar surface area (TPSA) is 37.3 Å². The van der Waals surface area contributed by atoms with Crippen LogP contribution in [0.2, 0.25) is 0 Å². The van der Waals surface area contributed by atoms with Gasteiger partial charge in [0.2, 0.25) is 0 Å². The Morgan fingerprint density at radius 2 is 1.93 bits per heavy atom. The molecule has 0 heterocycles. The summed E-state index contributed by atoms with van der Waals surface area (Å²) in [5.41, 5.74) is 0. The van der Waals surface area contributed by atoms with Gasteiger partial charge in [0.25, 0.3) is 0 Å². The molecule has 0 bridgehead atoms. The predicted octanol–water partition coefficient (Wildman–Crippen LogP) is 3.54. The van der Waals surface area contributed by atoms with E-state index in [2.05, 4.69) is 12.2 Å². The molecule has 2 nitrogen and oxygen atoms in total. The first kappa shape index (κ1) is 12.9. The van der Waals surface area contributed by atoms with Crippen molar-refractivity contribution < 1.29 is 9.90 Å². The summed E-state index contributed by atoms with van der Waals surface area (Å²) in [4.78, 5) is 9.79. The highest BCUT2D eigenvalue weighted by atomic mass is 16.4. The zero-order valence-corrected chi connectivity index (χ0v) is 8.91. The number of rotatable bonds is 3. The first-order chi connectivity index (χ1) is 6.77. The number of hydrogen-bond donors (Lipinski definition) is 1. The van der Waals surface area contributed by atoms with Crippen LogP contribution in [0.1, 0.15) is 45.4 Å². The Bertz CT molecular complexity index is 184. The second kappa shape index (κ2) is 10.0. The van der Waals surface area contributed by atoms with Crippen molar-refractivity contribution in [3.63, 3.8) is 0 Å². The summed E-state index contributed by atoms with van der Waals surface area (Å²) in [5, 5.41) is 8.05. The van der Waals surface area contributed by atoms with Crippen LogP contribution in [0.5, 0.6) is 0 Å². The second-order valence-corrected chi connectivity index (χ2v) is 3.29. The fourth-order valence-electron chi connectivity index (χ4n) is 1.11. The molecule has 2 heteroatoms. The molecule has 0 saturated carbocycles. The smallest absolute Gasteiger partial charge is 0.327 e. The van der Waals surface area contributed by atoms with Crippen molar-refractivity contribution in [3.8, 4) is 0 Å². The number of hydrogen-bond acceptors (Lipinski definition) is 1. The van der Waals surface area contributed by atoms with Crippen molar-refractivity contribution >= 4 is 5.97 Å². The van der Waals surface area contributed by atoms with Crippen LogP contribution in [0.4, 0.5) is 0 Å². The summed E-state index contributed by atoms with van der Waals surface area (Å²) >= 11 is 0. The maximum Gasteiger partial charge on any atom is 0.327 e. The highest BCUT2D eigenvalue weighted by Gasteiger charge is 1.87. The van der Waals surface area contributed by atoms with Crippen LogP contribution in [0.15, 0.2) is 24.3 Å². The lowest BCUT2D eigenvalue weighted by Crippen LogP contribution is -1.84. The van der Waals surface area contributed by atoms with Gasteiger partial charge in [0.05, 0.1) is 0 Å². The van der Waals surface area contributed by atoms with Crippen molar-refractivity contribution in [1.29, 1.82) is 0 Å². The van der Waals surface area contributed by atoms with E-state index in [4.69, 9.17) is 5.11 Å². The molecule has 0 atom stereocenters. The normalized spacial score (nSPS) is 14.9. The maximum absolute atomic E-state index is 9.79. The van der Waals surface area contributed by atoms with Gasteiger partial charge in [0.1, 0.15) is 0 Å². The van der Waals surface area contributed by atoms with E-state index in [1.807, 2.05) is 6.92 Å². The Labute approximate surface area is 86.3 Å². The van der Waals surface area contributed by atoms with Gasteiger partial charge in [0.15, 0.2) is 0 Å². The van der Waals surface area contributed by atoms with Crippen LogP contribution in [0, 0.1) is 0 Å². The summed E-state index contributed by atoms with van der Waals surface area (Å²) in [6, 6.07) is 0. The summed E-state index contributed by atoms with van der Waals surface area (Å²) in [7, 11) is 0. The average molecular weight is 196 g/mol. The first-order valence-corrected chi connectivity index (χ1v) is 5.31. The number of aliphatic carboxylic acids is 1. The largest absolute Gasteiger partial charge is 0.478 e. The Morgan fingerprint density at radius 3 is 2.21 bits per heavy atom. The average Bonchev–Trinajstić information content (AvgIpc) is 2.21. The number of carbonyl (C=O) groups is 1. The molecule has 0 aliphatic heterocycles. The second-order valence-electron chi connectivity index (χ2n) is 3.29. The molecule has 0 saturated heterocycles. The van der Waals surface area contributed by atoms with E-state index in [0.717, 1.165) is 12.8 Å². The molecule has 0 fully saturated rings. The Kier molecular flexibility index (Phi) is 9.28. The molecule has 1 aliphatic carbocycles. The maximum atomic E-state index is 9.79. The summed E-state index contributed by atoms with van der Waals surface area (Å²) in [5.74, 6) is -0.863. The highest BCUT2D eigenvalue weighted by molar-refractivity contribution is 5.79. The molecule has 0 amide bonds. The predicted molar refractivity (Wildman–Crippen MR) is 59.3 cm³/mol. The Morgan fingerprint density at radius 1 is 1.36 bits per heavy atom. The van der Waals surface area contributed by atoms with Gasteiger partial charge in [-0.3, -0.25) is 0 Å². The first-order valence-electron chi connectivity index (χ1n) is 5.31. The van der Waals surface area contributed by atoms with Gasteiger partial charge < -0.3 is 5.11 Å². The number of carboxylic acid groups (broad SMARTS) is 1. The third-order valence-corrected chi connectivity index (χ3v) is 1.87. The molecular weight excluding hydrogens is 176 g/mol. The fraction of sp³-hybridized carbons (Fsp3) is 0.583. The molecule has 0 radical (unpaired) electrons. The van der Waals surface area contributed by atoms with Gasteiger partial charge in [-0.05, 0) is 32.1 Å². The minimum Gasteiger partial charge on any atom is -0.478 e. The standard InChI is InChI=1S/C6H10O2.C6H10/c1-2-3-4-5-6(7)8;1-2-4-6-5-3-1/h4-5H,2-3H2,1H3,(H,7,8);1-2H,3-6H2. The minimum atomic E-state index is -0.863. The monoisotopic (exact) mass is 196 g/mol. The van der Waals surface area contributed by atoms with Gasteiger partial charge >= 0.3 is 5.97 Å². The summed E-state index contributed by atoms with van der Waals surface area (Å²) in [6.45, 7) is 2.01. The molecule has 1 aliphatic rings. The van der Waals surface area contributed by atoms with Gasteiger partial charge in [-0.15, -0.1) is 0 Å². The summed E-state index contributed by atoms with van der Waals surface area (Å²) < 4.78 is 0.